The van der Waals surface area contributed by atoms with Crippen molar-refractivity contribution in [3.63, 3.8) is 0 Å². The van der Waals surface area contributed by atoms with Gasteiger partial charge in [0.1, 0.15) is 5.82 Å². The molecule has 2 aromatic heterocycles. The predicted molar refractivity (Wildman–Crippen MR) is 93.6 cm³/mol. The minimum absolute atomic E-state index is 0.0808. The minimum Gasteiger partial charge on any atom is -0.383 e. The van der Waals surface area contributed by atoms with Crippen LogP contribution in [-0.2, 0) is 11.8 Å². The van der Waals surface area contributed by atoms with E-state index >= 15 is 0 Å². The summed E-state index contributed by atoms with van der Waals surface area (Å²) in [5, 5.41) is 10.7. The maximum atomic E-state index is 12.0. The Balaban J connectivity index is 1.58. The van der Waals surface area contributed by atoms with Gasteiger partial charge in [0.15, 0.2) is 5.65 Å². The molecule has 0 atom stereocenters. The van der Waals surface area contributed by atoms with Crippen LogP contribution in [0.4, 0.5) is 17.5 Å². The summed E-state index contributed by atoms with van der Waals surface area (Å²) in [7, 11) is 1.79. The van der Waals surface area contributed by atoms with E-state index in [1.807, 2.05) is 31.2 Å². The Morgan fingerprint density at radius 3 is 2.96 bits per heavy atom. The van der Waals surface area contributed by atoms with Crippen LogP contribution in [0, 0.1) is 6.92 Å². The van der Waals surface area contributed by atoms with Gasteiger partial charge in [0.25, 0.3) is 0 Å². The first-order chi connectivity index (χ1) is 11.5. The van der Waals surface area contributed by atoms with Gasteiger partial charge in [-0.1, -0.05) is 12.1 Å². The minimum atomic E-state index is -0.0808. The highest BCUT2D eigenvalue weighted by atomic mass is 16.1. The molecule has 0 aliphatic heterocycles. The number of nitrogens with one attached hydrogen (secondary N) is 2. The van der Waals surface area contributed by atoms with Gasteiger partial charge in [-0.25, -0.2) is 0 Å². The number of anilines is 3. The summed E-state index contributed by atoms with van der Waals surface area (Å²) in [6.07, 6.45) is 1.92. The lowest BCUT2D eigenvalue weighted by molar-refractivity contribution is -0.115. The maximum absolute atomic E-state index is 12.0. The van der Waals surface area contributed by atoms with Gasteiger partial charge in [0.2, 0.25) is 11.9 Å². The molecule has 2 heterocycles. The largest absolute Gasteiger partial charge is 0.383 e. The quantitative estimate of drug-likeness (QED) is 0.658. The lowest BCUT2D eigenvalue weighted by Gasteiger charge is -2.08. The molecule has 3 rings (SSSR count). The van der Waals surface area contributed by atoms with Crippen molar-refractivity contribution < 1.29 is 4.79 Å². The van der Waals surface area contributed by atoms with E-state index in [0.717, 1.165) is 11.3 Å². The van der Waals surface area contributed by atoms with E-state index in [0.29, 0.717) is 35.8 Å². The van der Waals surface area contributed by atoms with Gasteiger partial charge in [-0.2, -0.15) is 15.1 Å². The van der Waals surface area contributed by atoms with E-state index in [1.54, 1.807) is 17.9 Å². The molecule has 0 spiro atoms. The number of nitrogens with zero attached hydrogens (tertiary/aromatic N) is 4. The molecule has 4 N–H and O–H groups in total. The van der Waals surface area contributed by atoms with Gasteiger partial charge in [0, 0.05) is 25.7 Å². The van der Waals surface area contributed by atoms with Crippen molar-refractivity contribution in [2.45, 2.75) is 13.3 Å². The normalized spacial score (nSPS) is 10.8. The first-order valence-electron chi connectivity index (χ1n) is 7.58. The molecule has 8 heteroatoms. The van der Waals surface area contributed by atoms with Crippen LogP contribution >= 0.6 is 0 Å². The van der Waals surface area contributed by atoms with E-state index in [2.05, 4.69) is 25.7 Å². The summed E-state index contributed by atoms with van der Waals surface area (Å²) < 4.78 is 1.63. The molecule has 24 heavy (non-hydrogen) atoms. The number of hydrogen-bond donors (Lipinski definition) is 3. The Morgan fingerprint density at radius 1 is 1.33 bits per heavy atom. The number of carbonyl (C=O) groups is 1. The molecule has 0 bridgehead atoms. The monoisotopic (exact) mass is 325 g/mol. The van der Waals surface area contributed by atoms with Crippen LogP contribution in [0.3, 0.4) is 0 Å². The smallest absolute Gasteiger partial charge is 0.226 e. The molecule has 0 saturated heterocycles. The highest BCUT2D eigenvalue weighted by molar-refractivity contribution is 5.91. The number of benzene rings is 1. The van der Waals surface area contributed by atoms with Crippen LogP contribution in [0.15, 0.2) is 30.5 Å². The van der Waals surface area contributed by atoms with Crippen LogP contribution < -0.4 is 16.4 Å². The van der Waals surface area contributed by atoms with Crippen molar-refractivity contribution in [2.24, 2.45) is 7.05 Å². The lowest BCUT2D eigenvalue weighted by Crippen LogP contribution is -2.17. The average molecular weight is 325 g/mol. The van der Waals surface area contributed by atoms with Crippen LogP contribution in [0.25, 0.3) is 11.0 Å². The zero-order valence-corrected chi connectivity index (χ0v) is 13.6. The molecule has 3 aromatic rings. The second-order valence-corrected chi connectivity index (χ2v) is 5.53. The molecule has 0 unspecified atom stereocenters. The Kier molecular flexibility index (Phi) is 4.28. The first kappa shape index (κ1) is 15.7. The zero-order chi connectivity index (χ0) is 17.1. The SMILES string of the molecule is Cc1cccc(NC(=O)CCNc2nc(N)c3cnn(C)c3n2)c1. The lowest BCUT2D eigenvalue weighted by atomic mass is 10.2. The van der Waals surface area contributed by atoms with Gasteiger partial charge in [-0.05, 0) is 24.6 Å². The number of carbonyl (C=O) groups excluding carboxylic acids is 1. The fourth-order valence-electron chi connectivity index (χ4n) is 2.36. The highest BCUT2D eigenvalue weighted by Crippen LogP contribution is 2.18. The zero-order valence-electron chi connectivity index (χ0n) is 13.6. The van der Waals surface area contributed by atoms with Gasteiger partial charge in [-0.15, -0.1) is 0 Å². The van der Waals surface area contributed by atoms with Crippen molar-refractivity contribution in [1.82, 2.24) is 19.7 Å². The fourth-order valence-corrected chi connectivity index (χ4v) is 2.36. The number of aryl methyl sites for hydroxylation is 2. The van der Waals surface area contributed by atoms with E-state index in [-0.39, 0.29) is 5.91 Å². The number of rotatable bonds is 5. The molecule has 124 valence electrons. The molecule has 0 saturated carbocycles. The van der Waals surface area contributed by atoms with E-state index in [4.69, 9.17) is 5.73 Å². The third kappa shape index (κ3) is 3.43. The summed E-state index contributed by atoms with van der Waals surface area (Å²) >= 11 is 0. The van der Waals surface area contributed by atoms with Crippen molar-refractivity contribution in [3.05, 3.63) is 36.0 Å². The molecule has 0 fully saturated rings. The van der Waals surface area contributed by atoms with E-state index < -0.39 is 0 Å². The Morgan fingerprint density at radius 2 is 2.17 bits per heavy atom. The second kappa shape index (κ2) is 6.53. The Hall–Kier alpha value is -3.16. The average Bonchev–Trinajstić information content (AvgIpc) is 2.89. The van der Waals surface area contributed by atoms with Crippen LogP contribution in [-0.4, -0.2) is 32.2 Å². The Labute approximate surface area is 139 Å². The van der Waals surface area contributed by atoms with Crippen molar-refractivity contribution >= 4 is 34.4 Å². The molecular formula is C16H19N7O. The first-order valence-corrected chi connectivity index (χ1v) is 7.58. The van der Waals surface area contributed by atoms with Crippen LogP contribution in [0.2, 0.25) is 0 Å². The van der Waals surface area contributed by atoms with Gasteiger partial charge in [-0.3, -0.25) is 9.48 Å². The number of aromatic nitrogens is 4. The van der Waals surface area contributed by atoms with E-state index in [9.17, 15) is 4.79 Å². The summed E-state index contributed by atoms with van der Waals surface area (Å²) in [6.45, 7) is 2.38. The van der Waals surface area contributed by atoms with Crippen molar-refractivity contribution in [3.8, 4) is 0 Å². The molecule has 0 aliphatic rings. The second-order valence-electron chi connectivity index (χ2n) is 5.53. The number of nitrogen functional groups attached to an aromatic ring is 1. The summed E-state index contributed by atoms with van der Waals surface area (Å²) in [5.74, 6) is 0.662. The highest BCUT2D eigenvalue weighted by Gasteiger charge is 2.09. The van der Waals surface area contributed by atoms with Crippen molar-refractivity contribution in [1.29, 1.82) is 0 Å². The Bertz CT molecular complexity index is 887. The predicted octanol–water partition coefficient (Wildman–Crippen LogP) is 1.69. The molecule has 1 amide bonds. The molecule has 0 aliphatic carbocycles. The van der Waals surface area contributed by atoms with Crippen molar-refractivity contribution in [2.75, 3.05) is 22.9 Å². The molecule has 0 radical (unpaired) electrons. The molecule has 8 nitrogen and oxygen atoms in total. The molecule has 1 aromatic carbocycles. The standard InChI is InChI=1S/C16H19N7O/c1-10-4-3-5-11(8-10)20-13(24)6-7-18-16-21-14(17)12-9-19-23(2)15(12)22-16/h3-5,8-9H,6-7H2,1-2H3,(H,20,24)(H3,17,18,21,22). The van der Waals surface area contributed by atoms with Crippen LogP contribution in [0.5, 0.6) is 0 Å². The third-order valence-corrected chi connectivity index (χ3v) is 3.56. The van der Waals surface area contributed by atoms with Gasteiger partial charge in [0.05, 0.1) is 11.6 Å². The summed E-state index contributed by atoms with van der Waals surface area (Å²) in [6, 6.07) is 7.67. The summed E-state index contributed by atoms with van der Waals surface area (Å²) in [4.78, 5) is 20.5. The van der Waals surface area contributed by atoms with E-state index in [1.165, 1.54) is 0 Å². The van der Waals surface area contributed by atoms with Gasteiger partial charge >= 0.3 is 0 Å². The number of nitrogens with two attached hydrogens (primary N) is 1. The number of hydrogen-bond acceptors (Lipinski definition) is 6. The molecular weight excluding hydrogens is 306 g/mol. The summed E-state index contributed by atoms with van der Waals surface area (Å²) in [5.41, 5.74) is 8.43. The topological polar surface area (TPSA) is 111 Å². The third-order valence-electron chi connectivity index (χ3n) is 3.56. The fraction of sp³-hybridized carbons (Fsp3) is 0.250. The number of fused-ring (bicyclic) bond motifs is 1. The van der Waals surface area contributed by atoms with Gasteiger partial charge < -0.3 is 16.4 Å². The van der Waals surface area contributed by atoms with Crippen LogP contribution in [0.1, 0.15) is 12.0 Å². The maximum Gasteiger partial charge on any atom is 0.226 e. The number of amides is 1.